The lowest BCUT2D eigenvalue weighted by atomic mass is 10.2. The molecule has 126 valence electrons. The van der Waals surface area contributed by atoms with E-state index in [0.29, 0.717) is 18.0 Å². The number of rotatable bonds is 4. The van der Waals surface area contributed by atoms with Crippen LogP contribution in [0.15, 0.2) is 29.3 Å². The molecule has 2 fully saturated rings. The summed E-state index contributed by atoms with van der Waals surface area (Å²) in [6.07, 6.45) is 7.99. The molecule has 7 nitrogen and oxygen atoms in total. The minimum absolute atomic E-state index is 0.0715. The molecule has 1 aliphatic carbocycles. The first-order valence-electron chi connectivity index (χ1n) is 8.49. The molecule has 0 bridgehead atoms. The van der Waals surface area contributed by atoms with Crippen LogP contribution in [-0.2, 0) is 13.6 Å². The van der Waals surface area contributed by atoms with E-state index in [1.165, 1.54) is 23.5 Å². The second-order valence-corrected chi connectivity index (χ2v) is 6.80. The Bertz CT molecular complexity index is 820. The van der Waals surface area contributed by atoms with Gasteiger partial charge in [-0.3, -0.25) is 14.3 Å². The molecule has 1 saturated heterocycles. The fraction of sp³-hybridized carbons (Fsp3) is 0.529. The highest BCUT2D eigenvalue weighted by Gasteiger charge is 2.31. The SMILES string of the molecule is Cn1ccc(C(=O)N2CCC[C@H]2Cn2cc(C3CC3)nn2)cc1=O. The van der Waals surface area contributed by atoms with Gasteiger partial charge in [0.1, 0.15) is 0 Å². The first-order valence-corrected chi connectivity index (χ1v) is 8.49. The number of pyridine rings is 1. The number of aryl methyl sites for hydroxylation is 1. The van der Waals surface area contributed by atoms with E-state index in [1.54, 1.807) is 19.3 Å². The third-order valence-corrected chi connectivity index (χ3v) is 4.94. The molecule has 3 heterocycles. The van der Waals surface area contributed by atoms with Gasteiger partial charge in [0.25, 0.3) is 11.5 Å². The van der Waals surface area contributed by atoms with Gasteiger partial charge in [0.2, 0.25) is 0 Å². The van der Waals surface area contributed by atoms with Gasteiger partial charge in [-0.15, -0.1) is 5.10 Å². The van der Waals surface area contributed by atoms with Crippen LogP contribution in [0, 0.1) is 0 Å². The number of hydrogen-bond acceptors (Lipinski definition) is 4. The van der Waals surface area contributed by atoms with Gasteiger partial charge in [-0.1, -0.05) is 5.21 Å². The zero-order valence-corrected chi connectivity index (χ0v) is 13.8. The highest BCUT2D eigenvalue weighted by Crippen LogP contribution is 2.38. The second-order valence-electron chi connectivity index (χ2n) is 6.80. The van der Waals surface area contributed by atoms with Crippen molar-refractivity contribution in [3.63, 3.8) is 0 Å². The maximum atomic E-state index is 12.8. The molecule has 0 aromatic carbocycles. The number of aromatic nitrogens is 4. The summed E-state index contributed by atoms with van der Waals surface area (Å²) in [5.41, 5.74) is 1.36. The van der Waals surface area contributed by atoms with E-state index >= 15 is 0 Å². The van der Waals surface area contributed by atoms with E-state index in [1.807, 2.05) is 15.8 Å². The quantitative estimate of drug-likeness (QED) is 0.845. The average Bonchev–Trinajstić information content (AvgIpc) is 3.15. The van der Waals surface area contributed by atoms with Crippen molar-refractivity contribution in [2.75, 3.05) is 6.54 Å². The molecule has 0 unspecified atom stereocenters. The van der Waals surface area contributed by atoms with Crippen LogP contribution in [-0.4, -0.2) is 43.0 Å². The van der Waals surface area contributed by atoms with E-state index < -0.39 is 0 Å². The minimum Gasteiger partial charge on any atom is -0.334 e. The lowest BCUT2D eigenvalue weighted by molar-refractivity contribution is 0.0721. The molecule has 0 spiro atoms. The summed E-state index contributed by atoms with van der Waals surface area (Å²) in [6, 6.07) is 3.23. The first-order chi connectivity index (χ1) is 11.6. The maximum Gasteiger partial charge on any atom is 0.254 e. The molecule has 0 radical (unpaired) electrons. The van der Waals surface area contributed by atoms with Crippen molar-refractivity contribution < 1.29 is 4.79 Å². The molecule has 7 heteroatoms. The number of likely N-dealkylation sites (tertiary alicyclic amines) is 1. The van der Waals surface area contributed by atoms with Crippen LogP contribution in [0.25, 0.3) is 0 Å². The summed E-state index contributed by atoms with van der Waals surface area (Å²) in [4.78, 5) is 26.4. The Morgan fingerprint density at radius 3 is 2.92 bits per heavy atom. The van der Waals surface area contributed by atoms with Crippen LogP contribution in [0.1, 0.15) is 47.7 Å². The minimum atomic E-state index is -0.165. The molecule has 24 heavy (non-hydrogen) atoms. The predicted molar refractivity (Wildman–Crippen MR) is 87.7 cm³/mol. The lowest BCUT2D eigenvalue weighted by Gasteiger charge is -2.24. The zero-order valence-electron chi connectivity index (χ0n) is 13.8. The molecule has 4 rings (SSSR count). The van der Waals surface area contributed by atoms with Gasteiger partial charge < -0.3 is 9.47 Å². The van der Waals surface area contributed by atoms with Crippen LogP contribution in [0.3, 0.4) is 0 Å². The molecule has 2 aromatic heterocycles. The van der Waals surface area contributed by atoms with Crippen molar-refractivity contribution in [3.05, 3.63) is 46.1 Å². The Hall–Kier alpha value is -2.44. The van der Waals surface area contributed by atoms with Crippen LogP contribution in [0.2, 0.25) is 0 Å². The molecular formula is C17H21N5O2. The molecule has 1 atom stereocenters. The fourth-order valence-corrected chi connectivity index (χ4v) is 3.32. The van der Waals surface area contributed by atoms with Crippen LogP contribution in [0.4, 0.5) is 0 Å². The predicted octanol–water partition coefficient (Wildman–Crippen LogP) is 1.16. The van der Waals surface area contributed by atoms with Gasteiger partial charge in [0.15, 0.2) is 0 Å². The summed E-state index contributed by atoms with van der Waals surface area (Å²) < 4.78 is 3.32. The largest absolute Gasteiger partial charge is 0.334 e. The smallest absolute Gasteiger partial charge is 0.254 e. The van der Waals surface area contributed by atoms with Crippen LogP contribution in [0.5, 0.6) is 0 Å². The Morgan fingerprint density at radius 1 is 1.33 bits per heavy atom. The van der Waals surface area contributed by atoms with Gasteiger partial charge >= 0.3 is 0 Å². The van der Waals surface area contributed by atoms with Crippen LogP contribution < -0.4 is 5.56 Å². The van der Waals surface area contributed by atoms with Crippen molar-refractivity contribution in [1.82, 2.24) is 24.5 Å². The van der Waals surface area contributed by atoms with Crippen LogP contribution >= 0.6 is 0 Å². The fourth-order valence-electron chi connectivity index (χ4n) is 3.32. The summed E-state index contributed by atoms with van der Waals surface area (Å²) in [6.45, 7) is 1.39. The first kappa shape index (κ1) is 15.1. The van der Waals surface area contributed by atoms with Crippen molar-refractivity contribution >= 4 is 5.91 Å². The Kier molecular flexibility index (Phi) is 3.70. The van der Waals surface area contributed by atoms with Crippen molar-refractivity contribution in [2.45, 2.75) is 44.2 Å². The summed E-state index contributed by atoms with van der Waals surface area (Å²) >= 11 is 0. The van der Waals surface area contributed by atoms with E-state index in [0.717, 1.165) is 25.1 Å². The van der Waals surface area contributed by atoms with Crippen molar-refractivity contribution in [1.29, 1.82) is 0 Å². The lowest BCUT2D eigenvalue weighted by Crippen LogP contribution is -2.38. The highest BCUT2D eigenvalue weighted by molar-refractivity contribution is 5.94. The summed E-state index contributed by atoms with van der Waals surface area (Å²) in [5.74, 6) is 0.512. The molecule has 2 aliphatic rings. The van der Waals surface area contributed by atoms with E-state index in [4.69, 9.17) is 0 Å². The van der Waals surface area contributed by atoms with Crippen molar-refractivity contribution in [3.8, 4) is 0 Å². The molecule has 1 aliphatic heterocycles. The topological polar surface area (TPSA) is 73.0 Å². The number of carbonyl (C=O) groups is 1. The Balaban J connectivity index is 1.49. The number of carbonyl (C=O) groups excluding carboxylic acids is 1. The Labute approximate surface area is 139 Å². The summed E-state index contributed by atoms with van der Waals surface area (Å²) in [5, 5.41) is 8.44. The molecule has 1 saturated carbocycles. The third-order valence-electron chi connectivity index (χ3n) is 4.94. The normalized spacial score (nSPS) is 20.5. The van der Waals surface area contributed by atoms with Gasteiger partial charge in [-0.25, -0.2) is 0 Å². The van der Waals surface area contributed by atoms with Gasteiger partial charge in [-0.2, -0.15) is 0 Å². The van der Waals surface area contributed by atoms with Gasteiger partial charge in [0.05, 0.1) is 18.3 Å². The standard InChI is InChI=1S/C17H21N5O2/c1-20-8-6-13(9-16(20)23)17(24)22-7-2-3-14(22)10-21-11-15(18-19-21)12-4-5-12/h6,8-9,11-12,14H,2-5,7,10H2,1H3/t14-/m0/s1. The average molecular weight is 327 g/mol. The van der Waals surface area contributed by atoms with E-state index in [9.17, 15) is 9.59 Å². The highest BCUT2D eigenvalue weighted by atomic mass is 16.2. The van der Waals surface area contributed by atoms with Gasteiger partial charge in [-0.05, 0) is 31.7 Å². The van der Waals surface area contributed by atoms with Gasteiger partial charge in [0, 0.05) is 43.5 Å². The summed E-state index contributed by atoms with van der Waals surface area (Å²) in [7, 11) is 1.68. The van der Waals surface area contributed by atoms with Crippen molar-refractivity contribution in [2.24, 2.45) is 7.05 Å². The van der Waals surface area contributed by atoms with E-state index in [-0.39, 0.29) is 17.5 Å². The molecule has 0 N–H and O–H groups in total. The zero-order chi connectivity index (χ0) is 16.7. The molecule has 1 amide bonds. The molecule has 2 aromatic rings. The number of amides is 1. The second kappa shape index (κ2) is 5.89. The molecular weight excluding hydrogens is 306 g/mol. The number of nitrogens with zero attached hydrogens (tertiary/aromatic N) is 5. The van der Waals surface area contributed by atoms with E-state index in [2.05, 4.69) is 10.3 Å². The number of hydrogen-bond donors (Lipinski definition) is 0. The third kappa shape index (κ3) is 2.86. The Morgan fingerprint density at radius 2 is 2.17 bits per heavy atom. The maximum absolute atomic E-state index is 12.8. The monoisotopic (exact) mass is 327 g/mol.